The highest BCUT2D eigenvalue weighted by molar-refractivity contribution is 5.73. The Morgan fingerprint density at radius 3 is 2.89 bits per heavy atom. The van der Waals surface area contributed by atoms with E-state index in [-0.39, 0.29) is 0 Å². The van der Waals surface area contributed by atoms with E-state index in [1.807, 2.05) is 6.07 Å². The SMILES string of the molecule is O=Cc1cc2c([nH]1)CCCC2Cc1ccccc1. The van der Waals surface area contributed by atoms with Gasteiger partial charge >= 0.3 is 0 Å². The Morgan fingerprint density at radius 1 is 1.28 bits per heavy atom. The van der Waals surface area contributed by atoms with E-state index in [4.69, 9.17) is 0 Å². The van der Waals surface area contributed by atoms with Crippen molar-refractivity contribution in [3.63, 3.8) is 0 Å². The Balaban J connectivity index is 1.87. The van der Waals surface area contributed by atoms with Gasteiger partial charge < -0.3 is 4.98 Å². The Hall–Kier alpha value is -1.83. The third kappa shape index (κ3) is 2.10. The molecule has 92 valence electrons. The van der Waals surface area contributed by atoms with Gasteiger partial charge in [-0.05, 0) is 48.8 Å². The van der Waals surface area contributed by atoms with Gasteiger partial charge in [0.1, 0.15) is 0 Å². The number of aldehydes is 1. The predicted octanol–water partition coefficient (Wildman–Crippen LogP) is 3.49. The van der Waals surface area contributed by atoms with E-state index in [0.717, 1.165) is 24.8 Å². The number of hydrogen-bond donors (Lipinski definition) is 1. The summed E-state index contributed by atoms with van der Waals surface area (Å²) in [5.74, 6) is 0.557. The van der Waals surface area contributed by atoms with Crippen molar-refractivity contribution in [1.29, 1.82) is 0 Å². The molecule has 1 aromatic heterocycles. The monoisotopic (exact) mass is 239 g/mol. The molecule has 18 heavy (non-hydrogen) atoms. The van der Waals surface area contributed by atoms with Crippen LogP contribution in [-0.2, 0) is 12.8 Å². The summed E-state index contributed by atoms with van der Waals surface area (Å²) in [6.45, 7) is 0. The molecule has 1 heterocycles. The summed E-state index contributed by atoms with van der Waals surface area (Å²) < 4.78 is 0. The number of rotatable bonds is 3. The first-order valence-corrected chi connectivity index (χ1v) is 6.57. The zero-order valence-electron chi connectivity index (χ0n) is 10.4. The maximum absolute atomic E-state index is 10.9. The number of carbonyl (C=O) groups is 1. The molecule has 3 rings (SSSR count). The zero-order valence-corrected chi connectivity index (χ0v) is 10.4. The molecule has 2 nitrogen and oxygen atoms in total. The average Bonchev–Trinajstić information content (AvgIpc) is 2.84. The molecule has 0 fully saturated rings. The normalized spacial score (nSPS) is 18.3. The number of fused-ring (bicyclic) bond motifs is 1. The van der Waals surface area contributed by atoms with E-state index in [1.165, 1.54) is 29.7 Å². The lowest BCUT2D eigenvalue weighted by atomic mass is 9.83. The van der Waals surface area contributed by atoms with Crippen LogP contribution in [0.1, 0.15) is 46.1 Å². The largest absolute Gasteiger partial charge is 0.356 e. The summed E-state index contributed by atoms with van der Waals surface area (Å²) >= 11 is 0. The lowest BCUT2D eigenvalue weighted by Crippen LogP contribution is -2.10. The summed E-state index contributed by atoms with van der Waals surface area (Å²) in [5.41, 5.74) is 4.72. The van der Waals surface area contributed by atoms with E-state index in [1.54, 1.807) is 0 Å². The van der Waals surface area contributed by atoms with Crippen LogP contribution in [0.25, 0.3) is 0 Å². The highest BCUT2D eigenvalue weighted by Gasteiger charge is 2.22. The van der Waals surface area contributed by atoms with E-state index < -0.39 is 0 Å². The fraction of sp³-hybridized carbons (Fsp3) is 0.312. The topological polar surface area (TPSA) is 32.9 Å². The van der Waals surface area contributed by atoms with Gasteiger partial charge in [-0.1, -0.05) is 30.3 Å². The summed E-state index contributed by atoms with van der Waals surface area (Å²) in [6, 6.07) is 12.6. The minimum Gasteiger partial charge on any atom is -0.356 e. The van der Waals surface area contributed by atoms with Crippen LogP contribution in [0.5, 0.6) is 0 Å². The lowest BCUT2D eigenvalue weighted by molar-refractivity contribution is 0.111. The smallest absolute Gasteiger partial charge is 0.166 e. The number of aryl methyl sites for hydroxylation is 1. The first-order chi connectivity index (χ1) is 8.86. The maximum Gasteiger partial charge on any atom is 0.166 e. The van der Waals surface area contributed by atoms with Gasteiger partial charge in [0.2, 0.25) is 0 Å². The highest BCUT2D eigenvalue weighted by Crippen LogP contribution is 2.34. The lowest BCUT2D eigenvalue weighted by Gasteiger charge is -2.22. The van der Waals surface area contributed by atoms with Crippen molar-refractivity contribution in [2.75, 3.05) is 0 Å². The molecular formula is C16H17NO. The van der Waals surface area contributed by atoms with E-state index in [9.17, 15) is 4.79 Å². The van der Waals surface area contributed by atoms with Crippen LogP contribution >= 0.6 is 0 Å². The van der Waals surface area contributed by atoms with Crippen LogP contribution in [0.4, 0.5) is 0 Å². The summed E-state index contributed by atoms with van der Waals surface area (Å²) in [4.78, 5) is 14.1. The second kappa shape index (κ2) is 4.81. The van der Waals surface area contributed by atoms with Gasteiger partial charge in [-0.25, -0.2) is 0 Å². The molecule has 1 atom stereocenters. The molecule has 0 aliphatic heterocycles. The molecular weight excluding hydrogens is 222 g/mol. The minimum absolute atomic E-state index is 0.557. The molecule has 0 saturated heterocycles. The average molecular weight is 239 g/mol. The number of benzene rings is 1. The van der Waals surface area contributed by atoms with Gasteiger partial charge in [0.25, 0.3) is 0 Å². The molecule has 0 saturated carbocycles. The molecule has 0 amide bonds. The van der Waals surface area contributed by atoms with Crippen molar-refractivity contribution in [2.24, 2.45) is 0 Å². The van der Waals surface area contributed by atoms with Crippen molar-refractivity contribution in [2.45, 2.75) is 31.6 Å². The first-order valence-electron chi connectivity index (χ1n) is 6.57. The van der Waals surface area contributed by atoms with Gasteiger partial charge in [0.15, 0.2) is 6.29 Å². The third-order valence-electron chi connectivity index (χ3n) is 3.83. The van der Waals surface area contributed by atoms with E-state index in [2.05, 4.69) is 35.3 Å². The van der Waals surface area contributed by atoms with Crippen LogP contribution in [0.2, 0.25) is 0 Å². The van der Waals surface area contributed by atoms with Gasteiger partial charge in [0.05, 0.1) is 5.69 Å². The summed E-state index contributed by atoms with van der Waals surface area (Å²) in [7, 11) is 0. The van der Waals surface area contributed by atoms with Gasteiger partial charge in [-0.3, -0.25) is 4.79 Å². The zero-order chi connectivity index (χ0) is 12.4. The van der Waals surface area contributed by atoms with E-state index >= 15 is 0 Å². The Morgan fingerprint density at radius 2 is 2.11 bits per heavy atom. The standard InChI is InChI=1S/C16H17NO/c18-11-14-10-15-13(7-4-8-16(15)17-14)9-12-5-2-1-3-6-12/h1-3,5-6,10-11,13,17H,4,7-9H2. The number of aromatic nitrogens is 1. The van der Waals surface area contributed by atoms with Crippen LogP contribution in [-0.4, -0.2) is 11.3 Å². The van der Waals surface area contributed by atoms with Crippen LogP contribution in [0.15, 0.2) is 36.4 Å². The molecule has 2 aromatic rings. The molecule has 0 radical (unpaired) electrons. The van der Waals surface area contributed by atoms with Crippen molar-refractivity contribution in [3.05, 3.63) is 58.9 Å². The van der Waals surface area contributed by atoms with Gasteiger partial charge in [-0.2, -0.15) is 0 Å². The number of H-pyrrole nitrogens is 1. The molecule has 1 N–H and O–H groups in total. The first kappa shape index (κ1) is 11.3. The third-order valence-corrected chi connectivity index (χ3v) is 3.83. The van der Waals surface area contributed by atoms with Crippen molar-refractivity contribution >= 4 is 6.29 Å². The molecule has 0 bridgehead atoms. The fourth-order valence-electron chi connectivity index (χ4n) is 2.96. The van der Waals surface area contributed by atoms with Gasteiger partial charge in [0, 0.05) is 5.69 Å². The van der Waals surface area contributed by atoms with Gasteiger partial charge in [-0.15, -0.1) is 0 Å². The van der Waals surface area contributed by atoms with Crippen molar-refractivity contribution in [3.8, 4) is 0 Å². The quantitative estimate of drug-likeness (QED) is 0.817. The molecule has 1 aliphatic carbocycles. The maximum atomic E-state index is 10.9. The number of aromatic amines is 1. The molecule has 0 spiro atoms. The second-order valence-corrected chi connectivity index (χ2v) is 5.06. The summed E-state index contributed by atoms with van der Waals surface area (Å²) in [5, 5.41) is 0. The molecule has 1 unspecified atom stereocenters. The van der Waals surface area contributed by atoms with Crippen LogP contribution < -0.4 is 0 Å². The van der Waals surface area contributed by atoms with Crippen molar-refractivity contribution in [1.82, 2.24) is 4.98 Å². The number of hydrogen-bond acceptors (Lipinski definition) is 1. The van der Waals surface area contributed by atoms with Crippen LogP contribution in [0, 0.1) is 0 Å². The summed E-state index contributed by atoms with van der Waals surface area (Å²) in [6.07, 6.45) is 5.50. The van der Waals surface area contributed by atoms with E-state index in [0.29, 0.717) is 5.92 Å². The second-order valence-electron chi connectivity index (χ2n) is 5.06. The number of nitrogens with one attached hydrogen (secondary N) is 1. The highest BCUT2D eigenvalue weighted by atomic mass is 16.1. The number of carbonyl (C=O) groups excluding carboxylic acids is 1. The molecule has 1 aliphatic rings. The Bertz CT molecular complexity index is 541. The Labute approximate surface area is 107 Å². The minimum atomic E-state index is 0.557. The molecule has 1 aromatic carbocycles. The van der Waals surface area contributed by atoms with Crippen molar-refractivity contribution < 1.29 is 4.79 Å². The fourth-order valence-corrected chi connectivity index (χ4v) is 2.96. The van der Waals surface area contributed by atoms with Crippen LogP contribution in [0.3, 0.4) is 0 Å². The Kier molecular flexibility index (Phi) is 3.01. The molecule has 2 heteroatoms. The predicted molar refractivity (Wildman–Crippen MR) is 72.0 cm³/mol.